The Morgan fingerprint density at radius 1 is 0.667 bits per heavy atom. The van der Waals surface area contributed by atoms with Crippen LogP contribution in [0.15, 0.2) is 0 Å². The Morgan fingerprint density at radius 2 is 0.857 bits per heavy atom. The molecule has 0 atom stereocenters. The lowest BCUT2D eigenvalue weighted by atomic mass is 10.5. The molecule has 0 aromatic carbocycles. The molecule has 0 spiro atoms. The molecule has 21 heavy (non-hydrogen) atoms. The first-order valence-electron chi connectivity index (χ1n) is 5.50. The van der Waals surface area contributed by atoms with E-state index in [-0.39, 0.29) is 0 Å². The minimum Gasteiger partial charge on any atom is -0.226 e. The summed E-state index contributed by atoms with van der Waals surface area (Å²) < 4.78 is 124. The molecule has 0 heterocycles. The summed E-state index contributed by atoms with van der Waals surface area (Å²) in [5.41, 5.74) is -15.8. The van der Waals surface area contributed by atoms with Gasteiger partial charge in [0.1, 0.15) is 0 Å². The van der Waals surface area contributed by atoms with E-state index in [4.69, 9.17) is 0 Å². The summed E-state index contributed by atoms with van der Waals surface area (Å²) in [4.78, 5) is 0. The lowest BCUT2D eigenvalue weighted by Crippen LogP contribution is -2.64. The Bertz CT molecular complexity index is 533. The maximum absolute atomic E-state index is 12.8. The molecule has 0 bridgehead atoms. The van der Waals surface area contributed by atoms with E-state index in [1.54, 1.807) is 0 Å². The van der Waals surface area contributed by atoms with E-state index in [1.807, 2.05) is 0 Å². The number of halogens is 6. The van der Waals surface area contributed by atoms with Crippen molar-refractivity contribution in [3.8, 4) is 0 Å². The fourth-order valence-electron chi connectivity index (χ4n) is 2.41. The minimum absolute atomic E-state index is 0.749. The van der Waals surface area contributed by atoms with Crippen molar-refractivity contribution in [2.45, 2.75) is 49.8 Å². The third kappa shape index (κ3) is 2.71. The fraction of sp³-hybridized carbons (Fsp3) is 1.00. The van der Waals surface area contributed by atoms with Gasteiger partial charge in [-0.3, -0.25) is 0 Å². The molecule has 128 valence electrons. The van der Waals surface area contributed by atoms with Gasteiger partial charge in [0.15, 0.2) is 0 Å². The molecule has 0 aliphatic heterocycles. The van der Waals surface area contributed by atoms with Gasteiger partial charge in [-0.05, 0) is 11.1 Å². The number of rotatable bonds is 4. The van der Waals surface area contributed by atoms with E-state index >= 15 is 0 Å². The number of alkyl halides is 6. The lowest BCUT2D eigenvalue weighted by Gasteiger charge is -2.36. The van der Waals surface area contributed by atoms with Crippen molar-refractivity contribution in [2.24, 2.45) is 0 Å². The van der Waals surface area contributed by atoms with Crippen molar-refractivity contribution in [3.63, 3.8) is 0 Å². The van der Waals surface area contributed by atoms with Gasteiger partial charge in [-0.25, -0.2) is 16.8 Å². The van der Waals surface area contributed by atoms with Crippen LogP contribution < -0.4 is 0 Å². The maximum atomic E-state index is 12.8. The predicted molar refractivity (Wildman–Crippen MR) is 65.9 cm³/mol. The van der Waals surface area contributed by atoms with Crippen LogP contribution in [0.1, 0.15) is 27.7 Å². The first-order valence-corrected chi connectivity index (χ1v) is 12.1. The molecule has 0 aliphatic carbocycles. The van der Waals surface area contributed by atoms with Crippen molar-refractivity contribution in [3.05, 3.63) is 0 Å². The van der Waals surface area contributed by atoms with E-state index in [0.717, 1.165) is 27.7 Å². The average Bonchev–Trinajstić information content (AvgIpc) is 2.11. The first-order chi connectivity index (χ1) is 8.89. The minimum atomic E-state index is -6.51. The molecule has 0 amide bonds. The first kappa shape index (κ1) is 20.7. The van der Waals surface area contributed by atoms with Crippen LogP contribution in [0.2, 0.25) is 11.1 Å². The molecule has 0 saturated heterocycles. The molecular formula is C8H14F6O4S2Si. The molecule has 0 unspecified atom stereocenters. The monoisotopic (exact) mass is 380 g/mol. The normalized spacial score (nSPS) is 15.8. The Labute approximate surface area is 118 Å². The number of hydrogen-bond acceptors (Lipinski definition) is 4. The molecule has 0 N–H and O–H groups in total. The Kier molecular flexibility index (Phi) is 5.33. The summed E-state index contributed by atoms with van der Waals surface area (Å²) >= 11 is 0. The van der Waals surface area contributed by atoms with Gasteiger partial charge in [-0.2, -0.15) is 26.3 Å². The highest BCUT2D eigenvalue weighted by Gasteiger charge is 2.77. The Morgan fingerprint density at radius 3 is 0.952 bits per heavy atom. The highest BCUT2D eigenvalue weighted by atomic mass is 32.6. The van der Waals surface area contributed by atoms with Crippen LogP contribution in [0.4, 0.5) is 26.3 Å². The molecule has 4 nitrogen and oxygen atoms in total. The summed E-state index contributed by atoms with van der Waals surface area (Å²) in [5, 5.41) is 0. The molecule has 13 heteroatoms. The van der Waals surface area contributed by atoms with Gasteiger partial charge in [0, 0.05) is 0 Å². The number of hydrogen-bond donors (Lipinski definition) is 0. The summed E-state index contributed by atoms with van der Waals surface area (Å²) in [6, 6.07) is 0. The average molecular weight is 380 g/mol. The summed E-state index contributed by atoms with van der Waals surface area (Å²) in [7, 11) is -13.0. The Hall–Kier alpha value is -0.303. The van der Waals surface area contributed by atoms with Crippen molar-refractivity contribution < 1.29 is 43.2 Å². The SMILES string of the molecule is CC(C)[Si](C(C)C)(S(=O)(=O)C(F)(F)F)S(=O)(=O)C(F)(F)F. The maximum Gasteiger partial charge on any atom is 0.492 e. The third-order valence-electron chi connectivity index (χ3n) is 3.06. The molecule has 0 radical (unpaired) electrons. The van der Waals surface area contributed by atoms with Crippen LogP contribution in [-0.2, 0) is 18.6 Å². The van der Waals surface area contributed by atoms with Crippen LogP contribution in [0, 0.1) is 0 Å². The van der Waals surface area contributed by atoms with E-state index < -0.39 is 47.0 Å². The molecule has 0 aliphatic rings. The highest BCUT2D eigenvalue weighted by molar-refractivity contribution is 8.52. The van der Waals surface area contributed by atoms with Crippen molar-refractivity contribution in [2.75, 3.05) is 0 Å². The van der Waals surface area contributed by atoms with E-state index in [2.05, 4.69) is 0 Å². The summed E-state index contributed by atoms with van der Waals surface area (Å²) in [5.74, 6) is 0. The standard InChI is InChI=1S/C8H14F6O4S2Si/c1-5(2)21(6(3)4,19(15,16)7(9,10)11)20(17,18)8(12,13)14/h5-6H,1-4H3. The van der Waals surface area contributed by atoms with Crippen LogP contribution in [0.3, 0.4) is 0 Å². The molecule has 0 saturated carbocycles. The van der Waals surface area contributed by atoms with Gasteiger partial charge >= 0.3 is 17.4 Å². The summed E-state index contributed by atoms with van der Waals surface area (Å²) in [6.07, 6.45) is -5.98. The van der Waals surface area contributed by atoms with Crippen LogP contribution in [-0.4, -0.2) is 34.2 Å². The zero-order valence-corrected chi connectivity index (χ0v) is 14.0. The molecule has 0 aromatic rings. The molecular weight excluding hydrogens is 366 g/mol. The highest BCUT2D eigenvalue weighted by Crippen LogP contribution is 2.51. The zero-order chi connectivity index (χ0) is 17.7. The molecule has 0 aromatic heterocycles. The second kappa shape index (κ2) is 5.40. The van der Waals surface area contributed by atoms with Crippen LogP contribution in [0.5, 0.6) is 0 Å². The van der Waals surface area contributed by atoms with Gasteiger partial charge in [0.25, 0.3) is 0 Å². The lowest BCUT2D eigenvalue weighted by molar-refractivity contribution is -0.0428. The van der Waals surface area contributed by atoms with Gasteiger partial charge in [0.05, 0.1) is 0 Å². The fourth-order valence-corrected chi connectivity index (χ4v) is 22.0. The van der Waals surface area contributed by atoms with Gasteiger partial charge in [-0.15, -0.1) is 0 Å². The second-order valence-electron chi connectivity index (χ2n) is 4.93. The van der Waals surface area contributed by atoms with Crippen molar-refractivity contribution in [1.29, 1.82) is 0 Å². The summed E-state index contributed by atoms with van der Waals surface area (Å²) in [6.45, 7) is 3.00. The van der Waals surface area contributed by atoms with Crippen molar-refractivity contribution >= 4 is 24.9 Å². The van der Waals surface area contributed by atoms with Crippen LogP contribution in [0.25, 0.3) is 0 Å². The van der Waals surface area contributed by atoms with E-state index in [0.29, 0.717) is 0 Å². The third-order valence-corrected chi connectivity index (χ3v) is 25.2. The molecule has 0 rings (SSSR count). The van der Waals surface area contributed by atoms with Gasteiger partial charge in [0.2, 0.25) is 18.6 Å². The smallest absolute Gasteiger partial charge is 0.226 e. The van der Waals surface area contributed by atoms with Crippen LogP contribution >= 0.6 is 0 Å². The second-order valence-corrected chi connectivity index (χ2v) is 19.7. The molecule has 0 fully saturated rings. The Balaban J connectivity index is 7.08. The van der Waals surface area contributed by atoms with Gasteiger partial charge in [-0.1, -0.05) is 27.7 Å². The van der Waals surface area contributed by atoms with Crippen molar-refractivity contribution in [1.82, 2.24) is 0 Å². The van der Waals surface area contributed by atoms with Gasteiger partial charge < -0.3 is 0 Å². The topological polar surface area (TPSA) is 68.3 Å². The van der Waals surface area contributed by atoms with E-state index in [1.165, 1.54) is 0 Å². The quantitative estimate of drug-likeness (QED) is 0.555. The zero-order valence-electron chi connectivity index (χ0n) is 11.4. The van der Waals surface area contributed by atoms with E-state index in [9.17, 15) is 43.2 Å². The predicted octanol–water partition coefficient (Wildman–Crippen LogP) is 3.12. The largest absolute Gasteiger partial charge is 0.492 e.